The molecule has 5 heteroatoms. The van der Waals surface area contributed by atoms with Gasteiger partial charge < -0.3 is 10.5 Å². The number of nitrogens with two attached hydrogens (primary N) is 1. The number of ether oxygens (including phenoxy) is 1. The summed E-state index contributed by atoms with van der Waals surface area (Å²) in [6.45, 7) is 2.80. The number of methoxy groups -OCH3 is 1. The molecule has 2 aromatic carbocycles. The van der Waals surface area contributed by atoms with Gasteiger partial charge in [0.2, 0.25) is 0 Å². The molecule has 1 aliphatic heterocycles. The van der Waals surface area contributed by atoms with Crippen molar-refractivity contribution < 1.29 is 9.63 Å². The van der Waals surface area contributed by atoms with Crippen molar-refractivity contribution in [2.75, 3.05) is 38.3 Å². The van der Waals surface area contributed by atoms with E-state index in [9.17, 15) is 4.89 Å². The summed E-state index contributed by atoms with van der Waals surface area (Å²) in [7, 11) is -0.484. The molecule has 1 saturated heterocycles. The predicted molar refractivity (Wildman–Crippen MR) is 97.6 cm³/mol. The van der Waals surface area contributed by atoms with Crippen LogP contribution in [0.3, 0.4) is 0 Å². The molecule has 0 aliphatic carbocycles. The maximum Gasteiger partial charge on any atom is 0.176 e. The fourth-order valence-corrected chi connectivity index (χ4v) is 5.73. The van der Waals surface area contributed by atoms with Crippen LogP contribution in [0.4, 0.5) is 5.69 Å². The van der Waals surface area contributed by atoms with E-state index in [-0.39, 0.29) is 0 Å². The minimum atomic E-state index is -2.10. The highest BCUT2D eigenvalue weighted by Gasteiger charge is 2.42. The van der Waals surface area contributed by atoms with Crippen LogP contribution in [0.1, 0.15) is 5.56 Å². The van der Waals surface area contributed by atoms with Gasteiger partial charge in [0, 0.05) is 25.7 Å². The lowest BCUT2D eigenvalue weighted by Crippen LogP contribution is -2.38. The average Bonchev–Trinajstić information content (AvgIpc) is 2.58. The summed E-state index contributed by atoms with van der Waals surface area (Å²) in [6.07, 6.45) is 1.65. The van der Waals surface area contributed by atoms with Crippen molar-refractivity contribution in [3.05, 3.63) is 54.1 Å². The summed E-state index contributed by atoms with van der Waals surface area (Å²) < 4.78 is 5.29. The van der Waals surface area contributed by atoms with Gasteiger partial charge in [-0.15, -0.1) is 0 Å². The zero-order valence-corrected chi connectivity index (χ0v) is 14.4. The molecule has 3 N–H and O–H groups in total. The van der Waals surface area contributed by atoms with E-state index >= 15 is 0 Å². The highest BCUT2D eigenvalue weighted by molar-refractivity contribution is 7.77. The van der Waals surface area contributed by atoms with E-state index in [2.05, 4.69) is 29.2 Å². The highest BCUT2D eigenvalue weighted by atomic mass is 31.2. The number of hydrogen-bond acceptors (Lipinski definition) is 4. The molecular weight excluding hydrogens is 307 g/mol. The molecule has 0 atom stereocenters. The molecule has 3 rings (SSSR count). The molecule has 0 spiro atoms. The largest absolute Gasteiger partial charge is 0.494 e. The van der Waals surface area contributed by atoms with E-state index in [1.165, 1.54) is 5.56 Å². The minimum absolute atomic E-state index is 0.616. The Labute approximate surface area is 138 Å². The third-order valence-electron chi connectivity index (χ3n) is 4.52. The summed E-state index contributed by atoms with van der Waals surface area (Å²) in [6, 6.07) is 16.2. The lowest BCUT2D eigenvalue weighted by molar-refractivity contribution is 0.284. The monoisotopic (exact) mass is 331 g/mol. The molecule has 0 unspecified atom stereocenters. The Morgan fingerprint density at radius 1 is 1.13 bits per heavy atom. The highest BCUT2D eigenvalue weighted by Crippen LogP contribution is 2.55. The number of anilines is 1. The molecule has 1 fully saturated rings. The van der Waals surface area contributed by atoms with Gasteiger partial charge in [0.25, 0.3) is 0 Å². The van der Waals surface area contributed by atoms with E-state index in [0.29, 0.717) is 11.4 Å². The first-order valence-corrected chi connectivity index (χ1v) is 10.0. The first-order valence-electron chi connectivity index (χ1n) is 7.91. The molecule has 0 bridgehead atoms. The number of rotatable bonds is 4. The van der Waals surface area contributed by atoms with Gasteiger partial charge >= 0.3 is 0 Å². The van der Waals surface area contributed by atoms with Gasteiger partial charge in [-0.2, -0.15) is 0 Å². The molecule has 2 aromatic rings. The van der Waals surface area contributed by atoms with Crippen LogP contribution < -0.4 is 15.8 Å². The van der Waals surface area contributed by atoms with Crippen LogP contribution in [-0.2, 0) is 6.54 Å². The van der Waals surface area contributed by atoms with Crippen LogP contribution >= 0.6 is 7.49 Å². The summed E-state index contributed by atoms with van der Waals surface area (Å²) in [4.78, 5) is 13.5. The Bertz CT molecular complexity index is 655. The first kappa shape index (κ1) is 16.3. The molecule has 0 amide bonds. The SMILES string of the molecule is COc1cc([P+]2(O)CCN(Cc3ccccc3)CC2)ccc1N. The van der Waals surface area contributed by atoms with Gasteiger partial charge in [0.1, 0.15) is 23.4 Å². The predicted octanol–water partition coefficient (Wildman–Crippen LogP) is 2.34. The zero-order valence-electron chi connectivity index (χ0n) is 13.5. The van der Waals surface area contributed by atoms with Crippen molar-refractivity contribution in [2.24, 2.45) is 0 Å². The maximum atomic E-state index is 11.1. The molecule has 0 aromatic heterocycles. The average molecular weight is 331 g/mol. The standard InChI is InChI=1S/C18H24N2O2P/c1-22-18-13-16(7-8-17(18)19)23(21)11-9-20(10-12-23)14-15-5-3-2-4-6-15/h2-8,13,21H,9-12,14,19H2,1H3/q+1. The van der Waals surface area contributed by atoms with Gasteiger partial charge in [0.15, 0.2) is 7.49 Å². The Balaban J connectivity index is 1.67. The van der Waals surface area contributed by atoms with Gasteiger partial charge in [-0.1, -0.05) is 30.3 Å². The second-order valence-electron chi connectivity index (χ2n) is 6.06. The van der Waals surface area contributed by atoms with Crippen LogP contribution in [0.2, 0.25) is 0 Å². The summed E-state index contributed by atoms with van der Waals surface area (Å²) >= 11 is 0. The van der Waals surface area contributed by atoms with Crippen molar-refractivity contribution in [3.8, 4) is 5.75 Å². The van der Waals surface area contributed by atoms with E-state index in [4.69, 9.17) is 10.5 Å². The molecular formula is C18H24N2O2P+. The Morgan fingerprint density at radius 2 is 1.83 bits per heavy atom. The zero-order chi connectivity index (χ0) is 16.3. The number of benzene rings is 2. The third kappa shape index (κ3) is 3.66. The number of nitrogen functional groups attached to an aromatic ring is 1. The Morgan fingerprint density at radius 3 is 2.48 bits per heavy atom. The van der Waals surface area contributed by atoms with Crippen LogP contribution in [0.15, 0.2) is 48.5 Å². The van der Waals surface area contributed by atoms with Crippen molar-refractivity contribution in [1.82, 2.24) is 4.90 Å². The first-order chi connectivity index (χ1) is 11.1. The van der Waals surface area contributed by atoms with Crippen LogP contribution in [-0.4, -0.2) is 42.3 Å². The third-order valence-corrected chi connectivity index (χ3v) is 7.64. The van der Waals surface area contributed by atoms with Gasteiger partial charge in [0.05, 0.1) is 12.8 Å². The van der Waals surface area contributed by atoms with E-state index in [0.717, 1.165) is 37.3 Å². The summed E-state index contributed by atoms with van der Waals surface area (Å²) in [5.41, 5.74) is 7.82. The smallest absolute Gasteiger partial charge is 0.176 e. The minimum Gasteiger partial charge on any atom is -0.494 e. The Kier molecular flexibility index (Phi) is 4.86. The van der Waals surface area contributed by atoms with Crippen molar-refractivity contribution in [1.29, 1.82) is 0 Å². The fourth-order valence-electron chi connectivity index (χ4n) is 3.05. The molecule has 1 aliphatic rings. The summed E-state index contributed by atoms with van der Waals surface area (Å²) in [5.74, 6) is 0.655. The molecule has 4 nitrogen and oxygen atoms in total. The van der Waals surface area contributed by atoms with Crippen LogP contribution in [0.25, 0.3) is 0 Å². The lowest BCUT2D eigenvalue weighted by atomic mass is 10.2. The normalized spacial score (nSPS) is 17.8. The van der Waals surface area contributed by atoms with Crippen LogP contribution in [0.5, 0.6) is 5.75 Å². The van der Waals surface area contributed by atoms with Crippen molar-refractivity contribution in [2.45, 2.75) is 6.54 Å². The number of nitrogens with zero attached hydrogens (tertiary/aromatic N) is 1. The molecule has 122 valence electrons. The molecule has 0 radical (unpaired) electrons. The number of hydrogen-bond donors (Lipinski definition) is 2. The lowest BCUT2D eigenvalue weighted by Gasteiger charge is -2.32. The van der Waals surface area contributed by atoms with Crippen LogP contribution in [0, 0.1) is 0 Å². The van der Waals surface area contributed by atoms with Gasteiger partial charge in [-0.3, -0.25) is 4.90 Å². The maximum absolute atomic E-state index is 11.1. The van der Waals surface area contributed by atoms with Crippen molar-refractivity contribution in [3.63, 3.8) is 0 Å². The summed E-state index contributed by atoms with van der Waals surface area (Å²) in [5, 5.41) is 1.00. The van der Waals surface area contributed by atoms with Gasteiger partial charge in [-0.05, 0) is 17.7 Å². The topological polar surface area (TPSA) is 58.7 Å². The Hall–Kier alpha value is -1.61. The van der Waals surface area contributed by atoms with Crippen molar-refractivity contribution >= 4 is 18.5 Å². The van der Waals surface area contributed by atoms with E-state index < -0.39 is 7.49 Å². The second kappa shape index (κ2) is 6.88. The van der Waals surface area contributed by atoms with Gasteiger partial charge in [-0.25, -0.2) is 4.89 Å². The quantitative estimate of drug-likeness (QED) is 0.667. The molecule has 1 heterocycles. The second-order valence-corrected chi connectivity index (χ2v) is 9.31. The fraction of sp³-hybridized carbons (Fsp3) is 0.333. The van der Waals surface area contributed by atoms with E-state index in [1.54, 1.807) is 7.11 Å². The molecule has 0 saturated carbocycles. The van der Waals surface area contributed by atoms with E-state index in [1.807, 2.05) is 24.3 Å². The molecule has 23 heavy (non-hydrogen) atoms.